The Balaban J connectivity index is 1.28. The zero-order valence-corrected chi connectivity index (χ0v) is 18.2. The predicted molar refractivity (Wildman–Crippen MR) is 120 cm³/mol. The minimum atomic E-state index is -0.396. The molecule has 1 unspecified atom stereocenters. The second kappa shape index (κ2) is 9.23. The van der Waals surface area contributed by atoms with E-state index in [1.807, 2.05) is 48.5 Å². The lowest BCUT2D eigenvalue weighted by molar-refractivity contribution is -0.126. The molecule has 2 aromatic rings. The van der Waals surface area contributed by atoms with Crippen molar-refractivity contribution in [3.05, 3.63) is 58.6 Å². The summed E-state index contributed by atoms with van der Waals surface area (Å²) in [7, 11) is 0. The number of anilines is 2. The summed E-state index contributed by atoms with van der Waals surface area (Å²) >= 11 is 3.40. The second-order valence-electron chi connectivity index (χ2n) is 7.22. The summed E-state index contributed by atoms with van der Waals surface area (Å²) in [5.41, 5.74) is 2.32. The number of rotatable bonds is 4. The first kappa shape index (κ1) is 20.9. The van der Waals surface area contributed by atoms with Crippen LogP contribution in [0, 0.1) is 17.8 Å². The SMILES string of the molecule is O=C(NCC#Cc1ccc(N2CCOC2=O)cc1)C1CC(=O)N(c2cccc(Br)c2)C1. The zero-order chi connectivity index (χ0) is 21.8. The van der Waals surface area contributed by atoms with Crippen LogP contribution in [0.3, 0.4) is 0 Å². The Labute approximate surface area is 188 Å². The van der Waals surface area contributed by atoms with E-state index in [9.17, 15) is 14.4 Å². The van der Waals surface area contributed by atoms with Gasteiger partial charge in [-0.05, 0) is 42.5 Å². The van der Waals surface area contributed by atoms with Gasteiger partial charge in [-0.25, -0.2) is 4.79 Å². The Morgan fingerprint density at radius 2 is 1.94 bits per heavy atom. The molecule has 158 valence electrons. The smallest absolute Gasteiger partial charge is 0.414 e. The minimum absolute atomic E-state index is 0.0636. The van der Waals surface area contributed by atoms with Gasteiger partial charge in [0.1, 0.15) is 6.61 Å². The third kappa shape index (κ3) is 4.89. The molecule has 2 aliphatic rings. The average Bonchev–Trinajstić information content (AvgIpc) is 3.37. The van der Waals surface area contributed by atoms with E-state index in [0.29, 0.717) is 19.7 Å². The molecule has 0 aliphatic carbocycles. The minimum Gasteiger partial charge on any atom is -0.447 e. The highest BCUT2D eigenvalue weighted by atomic mass is 79.9. The van der Waals surface area contributed by atoms with Gasteiger partial charge >= 0.3 is 6.09 Å². The van der Waals surface area contributed by atoms with Crippen molar-refractivity contribution in [2.75, 3.05) is 36.0 Å². The Hall–Kier alpha value is -3.31. The summed E-state index contributed by atoms with van der Waals surface area (Å²) in [5.74, 6) is 5.27. The summed E-state index contributed by atoms with van der Waals surface area (Å²) in [5, 5.41) is 2.79. The van der Waals surface area contributed by atoms with E-state index < -0.39 is 5.92 Å². The number of hydrogen-bond acceptors (Lipinski definition) is 4. The number of cyclic esters (lactones) is 1. The monoisotopic (exact) mass is 481 g/mol. The van der Waals surface area contributed by atoms with Gasteiger partial charge in [0.2, 0.25) is 11.8 Å². The van der Waals surface area contributed by atoms with E-state index in [1.54, 1.807) is 9.80 Å². The van der Waals surface area contributed by atoms with Gasteiger partial charge in [-0.3, -0.25) is 14.5 Å². The van der Waals surface area contributed by atoms with E-state index >= 15 is 0 Å². The summed E-state index contributed by atoms with van der Waals surface area (Å²) < 4.78 is 5.81. The fourth-order valence-corrected chi connectivity index (χ4v) is 3.94. The molecule has 4 rings (SSSR count). The molecule has 0 radical (unpaired) electrons. The van der Waals surface area contributed by atoms with Crippen LogP contribution < -0.4 is 15.1 Å². The molecular weight excluding hydrogens is 462 g/mol. The van der Waals surface area contributed by atoms with Crippen molar-refractivity contribution >= 4 is 45.2 Å². The van der Waals surface area contributed by atoms with Crippen LogP contribution in [0.5, 0.6) is 0 Å². The first-order valence-corrected chi connectivity index (χ1v) is 10.7. The molecule has 1 atom stereocenters. The van der Waals surface area contributed by atoms with Gasteiger partial charge in [-0.1, -0.05) is 33.8 Å². The Kier molecular flexibility index (Phi) is 6.23. The molecule has 3 amide bonds. The van der Waals surface area contributed by atoms with Crippen molar-refractivity contribution in [3.8, 4) is 11.8 Å². The van der Waals surface area contributed by atoms with Crippen LogP contribution in [-0.2, 0) is 14.3 Å². The van der Waals surface area contributed by atoms with Crippen LogP contribution in [0.15, 0.2) is 53.0 Å². The van der Waals surface area contributed by atoms with E-state index in [-0.39, 0.29) is 30.9 Å². The largest absolute Gasteiger partial charge is 0.447 e. The highest BCUT2D eigenvalue weighted by Gasteiger charge is 2.34. The third-order valence-electron chi connectivity index (χ3n) is 5.14. The predicted octanol–water partition coefficient (Wildman–Crippen LogP) is 2.93. The summed E-state index contributed by atoms with van der Waals surface area (Å²) in [4.78, 5) is 39.6. The van der Waals surface area contributed by atoms with E-state index in [2.05, 4.69) is 33.1 Å². The molecule has 31 heavy (non-hydrogen) atoms. The van der Waals surface area contributed by atoms with Gasteiger partial charge in [0.25, 0.3) is 0 Å². The molecule has 2 fully saturated rings. The highest BCUT2D eigenvalue weighted by Crippen LogP contribution is 2.27. The molecule has 2 aromatic carbocycles. The first-order valence-electron chi connectivity index (χ1n) is 9.88. The van der Waals surface area contributed by atoms with Crippen LogP contribution in [0.2, 0.25) is 0 Å². The molecule has 1 N–H and O–H groups in total. The Morgan fingerprint density at radius 1 is 1.13 bits per heavy atom. The normalized spacial score (nSPS) is 17.9. The van der Waals surface area contributed by atoms with Crippen LogP contribution in [0.25, 0.3) is 0 Å². The van der Waals surface area contributed by atoms with Crippen LogP contribution in [0.4, 0.5) is 16.2 Å². The van der Waals surface area contributed by atoms with Crippen LogP contribution >= 0.6 is 15.9 Å². The molecule has 0 aromatic heterocycles. The number of carbonyl (C=O) groups is 3. The van der Waals surface area contributed by atoms with Crippen molar-refractivity contribution in [1.29, 1.82) is 0 Å². The number of nitrogens with one attached hydrogen (secondary N) is 1. The highest BCUT2D eigenvalue weighted by molar-refractivity contribution is 9.10. The quantitative estimate of drug-likeness (QED) is 0.680. The lowest BCUT2D eigenvalue weighted by Gasteiger charge is -2.16. The fourth-order valence-electron chi connectivity index (χ4n) is 3.55. The van der Waals surface area contributed by atoms with E-state index in [0.717, 1.165) is 21.4 Å². The average molecular weight is 482 g/mol. The standard InChI is InChI=1S/C23H20BrN3O4/c24-18-4-1-5-20(14-18)27-15-17(13-21(27)28)22(29)25-10-2-3-16-6-8-19(9-7-16)26-11-12-31-23(26)30/h1,4-9,14,17H,10-13,15H2,(H,25,29). The van der Waals surface area contributed by atoms with Gasteiger partial charge in [0.15, 0.2) is 0 Å². The topological polar surface area (TPSA) is 79.0 Å². The van der Waals surface area contributed by atoms with Crippen molar-refractivity contribution in [2.45, 2.75) is 6.42 Å². The lowest BCUT2D eigenvalue weighted by atomic mass is 10.1. The molecule has 2 saturated heterocycles. The number of nitrogens with zero attached hydrogens (tertiary/aromatic N) is 2. The molecular formula is C23H20BrN3O4. The number of amides is 3. The van der Waals surface area contributed by atoms with E-state index in [4.69, 9.17) is 4.74 Å². The Morgan fingerprint density at radius 3 is 2.65 bits per heavy atom. The lowest BCUT2D eigenvalue weighted by Crippen LogP contribution is -2.33. The summed E-state index contributed by atoms with van der Waals surface area (Å²) in [6.07, 6.45) is -0.156. The number of ether oxygens (including phenoxy) is 1. The van der Waals surface area contributed by atoms with Gasteiger partial charge < -0.3 is 15.0 Å². The maximum absolute atomic E-state index is 12.5. The first-order chi connectivity index (χ1) is 15.0. The van der Waals surface area contributed by atoms with E-state index in [1.165, 1.54) is 0 Å². The van der Waals surface area contributed by atoms with Crippen molar-refractivity contribution in [1.82, 2.24) is 5.32 Å². The third-order valence-corrected chi connectivity index (χ3v) is 5.63. The molecule has 0 spiro atoms. The molecule has 0 bridgehead atoms. The van der Waals surface area contributed by atoms with Gasteiger partial charge in [0, 0.05) is 34.4 Å². The van der Waals surface area contributed by atoms with Crippen LogP contribution in [-0.4, -0.2) is 44.1 Å². The molecule has 2 aliphatic heterocycles. The number of halogens is 1. The van der Waals surface area contributed by atoms with Crippen LogP contribution in [0.1, 0.15) is 12.0 Å². The maximum Gasteiger partial charge on any atom is 0.414 e. The van der Waals surface area contributed by atoms with Crippen molar-refractivity contribution in [3.63, 3.8) is 0 Å². The number of benzene rings is 2. The fraction of sp³-hybridized carbons (Fsp3) is 0.261. The maximum atomic E-state index is 12.5. The number of carbonyl (C=O) groups excluding carboxylic acids is 3. The molecule has 8 heteroatoms. The zero-order valence-electron chi connectivity index (χ0n) is 16.6. The molecule has 0 saturated carbocycles. The summed E-state index contributed by atoms with van der Waals surface area (Å²) in [6, 6.07) is 14.7. The van der Waals surface area contributed by atoms with Crippen molar-refractivity contribution in [2.24, 2.45) is 5.92 Å². The van der Waals surface area contributed by atoms with Crippen molar-refractivity contribution < 1.29 is 19.1 Å². The second-order valence-corrected chi connectivity index (χ2v) is 8.13. The number of hydrogen-bond donors (Lipinski definition) is 1. The molecule has 7 nitrogen and oxygen atoms in total. The Bertz CT molecular complexity index is 1070. The summed E-state index contributed by atoms with van der Waals surface area (Å²) in [6.45, 7) is 1.49. The molecule has 2 heterocycles. The van der Waals surface area contributed by atoms with Gasteiger partial charge in [-0.2, -0.15) is 0 Å². The van der Waals surface area contributed by atoms with Gasteiger partial charge in [0.05, 0.1) is 19.0 Å². The van der Waals surface area contributed by atoms with Gasteiger partial charge in [-0.15, -0.1) is 0 Å².